The van der Waals surface area contributed by atoms with Crippen LogP contribution in [-0.2, 0) is 14.3 Å². The van der Waals surface area contributed by atoms with Crippen molar-refractivity contribution in [1.29, 1.82) is 0 Å². The van der Waals surface area contributed by atoms with Crippen LogP contribution in [0, 0.1) is 0 Å². The number of aliphatic hydroxyl groups is 2. The van der Waals surface area contributed by atoms with Gasteiger partial charge >= 0.3 is 0 Å². The first-order valence-corrected chi connectivity index (χ1v) is 4.82. The maximum atomic E-state index is 10.9. The Hall–Kier alpha value is -0.690. The van der Waals surface area contributed by atoms with Crippen molar-refractivity contribution in [3.05, 3.63) is 0 Å². The third kappa shape index (κ3) is 3.13. The highest BCUT2D eigenvalue weighted by atomic mass is 16.7. The highest BCUT2D eigenvalue weighted by Crippen LogP contribution is 2.20. The van der Waals surface area contributed by atoms with Crippen molar-refractivity contribution in [1.82, 2.24) is 5.32 Å². The molecule has 0 radical (unpaired) electrons. The van der Waals surface area contributed by atoms with Crippen LogP contribution in [0.15, 0.2) is 0 Å². The molecule has 6 nitrogen and oxygen atoms in total. The minimum absolute atomic E-state index is 0.229. The lowest BCUT2D eigenvalue weighted by Crippen LogP contribution is -2.56. The van der Waals surface area contributed by atoms with Gasteiger partial charge < -0.3 is 25.0 Å². The Bertz CT molecular complexity index is 223. The van der Waals surface area contributed by atoms with E-state index < -0.39 is 24.5 Å². The fraction of sp³-hybridized carbons (Fsp3) is 0.889. The molecule has 0 aliphatic carbocycles. The molecule has 1 saturated heterocycles. The molecule has 88 valence electrons. The summed E-state index contributed by atoms with van der Waals surface area (Å²) in [6, 6.07) is -0.446. The van der Waals surface area contributed by atoms with Crippen molar-refractivity contribution in [2.45, 2.75) is 37.9 Å². The number of rotatable bonds is 3. The summed E-state index contributed by atoms with van der Waals surface area (Å²) in [6.45, 7) is 1.06. The average molecular weight is 219 g/mol. The third-order valence-electron chi connectivity index (χ3n) is 2.40. The van der Waals surface area contributed by atoms with Gasteiger partial charge in [-0.3, -0.25) is 4.79 Å². The van der Waals surface area contributed by atoms with E-state index in [4.69, 9.17) is 14.6 Å². The second kappa shape index (κ2) is 5.41. The standard InChI is InChI=1S/C9H17NO5/c1-5(12)10-6-3-8(14-2)15-7(4-11)9(6)13/h6-9,11,13H,3-4H2,1-2H3,(H,10,12)/t6-,7-,8-,9+/m1/s1. The molecule has 1 aliphatic heterocycles. The number of amides is 1. The molecule has 0 unspecified atom stereocenters. The number of hydrogen-bond acceptors (Lipinski definition) is 5. The molecule has 1 amide bonds. The molecule has 1 aliphatic rings. The molecular weight excluding hydrogens is 202 g/mol. The number of carbonyl (C=O) groups is 1. The zero-order chi connectivity index (χ0) is 11.4. The van der Waals surface area contributed by atoms with E-state index in [9.17, 15) is 9.90 Å². The smallest absolute Gasteiger partial charge is 0.217 e. The van der Waals surface area contributed by atoms with Crippen LogP contribution < -0.4 is 5.32 Å². The maximum Gasteiger partial charge on any atom is 0.217 e. The summed E-state index contributed by atoms with van der Waals surface area (Å²) in [7, 11) is 1.47. The van der Waals surface area contributed by atoms with Crippen molar-refractivity contribution in [3.8, 4) is 0 Å². The van der Waals surface area contributed by atoms with Crippen LogP contribution in [-0.4, -0.2) is 54.4 Å². The topological polar surface area (TPSA) is 88.0 Å². The van der Waals surface area contributed by atoms with Gasteiger partial charge in [0.15, 0.2) is 6.29 Å². The first kappa shape index (κ1) is 12.4. The predicted molar refractivity (Wildman–Crippen MR) is 51.0 cm³/mol. The lowest BCUT2D eigenvalue weighted by molar-refractivity contribution is -0.227. The summed E-state index contributed by atoms with van der Waals surface area (Å²) in [5.74, 6) is -0.229. The lowest BCUT2D eigenvalue weighted by Gasteiger charge is -2.38. The van der Waals surface area contributed by atoms with Gasteiger partial charge in [-0.2, -0.15) is 0 Å². The second-order valence-electron chi connectivity index (χ2n) is 3.56. The van der Waals surface area contributed by atoms with Crippen molar-refractivity contribution in [2.75, 3.05) is 13.7 Å². The van der Waals surface area contributed by atoms with Crippen molar-refractivity contribution < 1.29 is 24.5 Å². The van der Waals surface area contributed by atoms with Crippen LogP contribution in [0.5, 0.6) is 0 Å². The molecule has 1 heterocycles. The summed E-state index contributed by atoms with van der Waals surface area (Å²) < 4.78 is 10.2. The first-order chi connectivity index (χ1) is 7.08. The summed E-state index contributed by atoms with van der Waals surface area (Å²) in [4.78, 5) is 10.9. The number of ether oxygens (including phenoxy) is 2. The van der Waals surface area contributed by atoms with E-state index in [0.717, 1.165) is 0 Å². The Labute approximate surface area is 88.2 Å². The molecule has 3 N–H and O–H groups in total. The van der Waals surface area contributed by atoms with Gasteiger partial charge in [0.2, 0.25) is 5.91 Å². The highest BCUT2D eigenvalue weighted by molar-refractivity contribution is 5.73. The van der Waals surface area contributed by atoms with E-state index in [1.165, 1.54) is 14.0 Å². The maximum absolute atomic E-state index is 10.9. The van der Waals surface area contributed by atoms with E-state index in [1.807, 2.05) is 0 Å². The van der Waals surface area contributed by atoms with Gasteiger partial charge in [-0.1, -0.05) is 0 Å². The summed E-state index contributed by atoms with van der Waals surface area (Å²) in [5, 5.41) is 21.3. The molecule has 1 rings (SSSR count). The third-order valence-corrected chi connectivity index (χ3v) is 2.40. The van der Waals surface area contributed by atoms with E-state index in [0.29, 0.717) is 6.42 Å². The molecule has 0 aromatic carbocycles. The largest absolute Gasteiger partial charge is 0.394 e. The minimum atomic E-state index is -0.912. The Balaban J connectivity index is 2.63. The van der Waals surface area contributed by atoms with Crippen LogP contribution in [0.4, 0.5) is 0 Å². The van der Waals surface area contributed by atoms with Crippen molar-refractivity contribution >= 4 is 5.91 Å². The van der Waals surface area contributed by atoms with E-state index in [2.05, 4.69) is 5.32 Å². The van der Waals surface area contributed by atoms with Crippen molar-refractivity contribution in [2.24, 2.45) is 0 Å². The number of carbonyl (C=O) groups excluding carboxylic acids is 1. The Morgan fingerprint density at radius 1 is 1.67 bits per heavy atom. The second-order valence-corrected chi connectivity index (χ2v) is 3.56. The van der Waals surface area contributed by atoms with Gasteiger partial charge in [0.05, 0.1) is 12.6 Å². The molecule has 0 aromatic heterocycles. The van der Waals surface area contributed by atoms with Crippen molar-refractivity contribution in [3.63, 3.8) is 0 Å². The summed E-state index contributed by atoms with van der Waals surface area (Å²) in [5.41, 5.74) is 0. The van der Waals surface area contributed by atoms with Crippen LogP contribution in [0.3, 0.4) is 0 Å². The molecular formula is C9H17NO5. The van der Waals surface area contributed by atoms with Crippen LogP contribution >= 0.6 is 0 Å². The van der Waals surface area contributed by atoms with E-state index >= 15 is 0 Å². The molecule has 0 aromatic rings. The monoisotopic (exact) mass is 219 g/mol. The fourth-order valence-corrected chi connectivity index (χ4v) is 1.65. The summed E-state index contributed by atoms with van der Waals surface area (Å²) in [6.07, 6.45) is -1.78. The van der Waals surface area contributed by atoms with Gasteiger partial charge in [-0.25, -0.2) is 0 Å². The summed E-state index contributed by atoms with van der Waals surface area (Å²) >= 11 is 0. The SMILES string of the molecule is CO[C@H]1C[C@@H](NC(C)=O)[C@H](O)[C@@H](CO)O1. The normalized spacial score (nSPS) is 36.3. The Kier molecular flexibility index (Phi) is 4.46. The van der Waals surface area contributed by atoms with Gasteiger partial charge in [0.1, 0.15) is 12.2 Å². The number of nitrogens with one attached hydrogen (secondary N) is 1. The molecule has 6 heteroatoms. The molecule has 0 saturated carbocycles. The number of aliphatic hydroxyl groups excluding tert-OH is 2. The number of methoxy groups -OCH3 is 1. The Morgan fingerprint density at radius 2 is 2.33 bits per heavy atom. The van der Waals surface area contributed by atoms with Crippen LogP contribution in [0.1, 0.15) is 13.3 Å². The molecule has 1 fully saturated rings. The average Bonchev–Trinajstić information content (AvgIpc) is 2.20. The Morgan fingerprint density at radius 3 is 2.80 bits per heavy atom. The van der Waals surface area contributed by atoms with Gasteiger partial charge in [0.25, 0.3) is 0 Å². The molecule has 15 heavy (non-hydrogen) atoms. The molecule has 4 atom stereocenters. The molecule has 0 bridgehead atoms. The highest BCUT2D eigenvalue weighted by Gasteiger charge is 2.37. The quantitative estimate of drug-likeness (QED) is 0.543. The van der Waals surface area contributed by atoms with Gasteiger partial charge in [-0.05, 0) is 0 Å². The van der Waals surface area contributed by atoms with E-state index in [1.54, 1.807) is 0 Å². The number of hydrogen-bond donors (Lipinski definition) is 3. The van der Waals surface area contributed by atoms with Gasteiger partial charge in [-0.15, -0.1) is 0 Å². The first-order valence-electron chi connectivity index (χ1n) is 4.82. The minimum Gasteiger partial charge on any atom is -0.394 e. The van der Waals surface area contributed by atoms with E-state index in [-0.39, 0.29) is 12.5 Å². The lowest BCUT2D eigenvalue weighted by atomic mass is 9.99. The van der Waals surface area contributed by atoms with Gasteiger partial charge in [0, 0.05) is 20.5 Å². The zero-order valence-electron chi connectivity index (χ0n) is 8.84. The van der Waals surface area contributed by atoms with Crippen LogP contribution in [0.25, 0.3) is 0 Å². The van der Waals surface area contributed by atoms with Crippen LogP contribution in [0.2, 0.25) is 0 Å². The fourth-order valence-electron chi connectivity index (χ4n) is 1.65. The zero-order valence-corrected chi connectivity index (χ0v) is 8.84. The molecule has 0 spiro atoms. The predicted octanol–water partition coefficient (Wildman–Crippen LogP) is -1.39.